The number of rotatable bonds is 5. The van der Waals surface area contributed by atoms with Gasteiger partial charge in [-0.25, -0.2) is 0 Å². The molecule has 1 heterocycles. The zero-order valence-corrected chi connectivity index (χ0v) is 14.1. The maximum Gasteiger partial charge on any atom is 0.320 e. The molecule has 4 heteroatoms. The summed E-state index contributed by atoms with van der Waals surface area (Å²) >= 11 is 0. The van der Waals surface area contributed by atoms with E-state index in [0.717, 1.165) is 24.7 Å². The molecule has 2 aliphatic rings. The molecule has 4 atom stereocenters. The Morgan fingerprint density at radius 1 is 1.29 bits per heavy atom. The van der Waals surface area contributed by atoms with Crippen LogP contribution in [0.5, 0.6) is 0 Å². The van der Waals surface area contributed by atoms with Crippen LogP contribution in [0.25, 0.3) is 0 Å². The highest BCUT2D eigenvalue weighted by Crippen LogP contribution is 2.36. The monoisotopic (exact) mass is 296 g/mol. The van der Waals surface area contributed by atoms with Crippen LogP contribution in [-0.4, -0.2) is 59.6 Å². The third-order valence-electron chi connectivity index (χ3n) is 5.94. The second-order valence-corrected chi connectivity index (χ2v) is 7.53. The van der Waals surface area contributed by atoms with Crippen molar-refractivity contribution in [2.24, 2.45) is 17.8 Å². The third-order valence-corrected chi connectivity index (χ3v) is 5.94. The maximum absolute atomic E-state index is 11.2. The van der Waals surface area contributed by atoms with Gasteiger partial charge in [0.1, 0.15) is 6.04 Å². The van der Waals surface area contributed by atoms with E-state index < -0.39 is 5.97 Å². The van der Waals surface area contributed by atoms with Crippen LogP contribution >= 0.6 is 0 Å². The molecule has 0 spiro atoms. The molecule has 2 rings (SSSR count). The molecule has 0 bridgehead atoms. The minimum atomic E-state index is -0.710. The van der Waals surface area contributed by atoms with E-state index in [9.17, 15) is 9.90 Å². The van der Waals surface area contributed by atoms with Crippen LogP contribution in [0.3, 0.4) is 0 Å². The van der Waals surface area contributed by atoms with E-state index in [1.807, 2.05) is 7.05 Å². The zero-order chi connectivity index (χ0) is 15.6. The lowest BCUT2D eigenvalue weighted by Crippen LogP contribution is -2.42. The molecular formula is C17H32N2O2. The van der Waals surface area contributed by atoms with Gasteiger partial charge >= 0.3 is 5.97 Å². The number of likely N-dealkylation sites (tertiary alicyclic amines) is 1. The number of aliphatic carboxylic acids is 1. The highest BCUT2D eigenvalue weighted by atomic mass is 16.4. The number of nitrogens with zero attached hydrogens (tertiary/aromatic N) is 2. The Morgan fingerprint density at radius 2 is 1.90 bits per heavy atom. The standard InChI is InChI=1S/C17H32N2O2/c1-12-5-7-19(8-6-12)11-15-10-16(9-13(15)2)18(4)14(3)17(20)21/h12-16H,5-11H2,1-4H3,(H,20,21)/t13-,14?,15+,16?/m0/s1. The molecule has 0 radical (unpaired) electrons. The zero-order valence-electron chi connectivity index (χ0n) is 14.1. The Kier molecular flexibility index (Phi) is 5.67. The lowest BCUT2D eigenvalue weighted by atomic mass is 9.94. The summed E-state index contributed by atoms with van der Waals surface area (Å²) in [6, 6.07) is 0.0524. The van der Waals surface area contributed by atoms with Crippen LogP contribution < -0.4 is 0 Å². The predicted octanol–water partition coefficient (Wildman–Crippen LogP) is 2.54. The molecule has 1 N–H and O–H groups in total. The largest absolute Gasteiger partial charge is 0.480 e. The minimum Gasteiger partial charge on any atom is -0.480 e. The number of likely N-dealkylation sites (N-methyl/N-ethyl adjacent to an activating group) is 1. The molecule has 0 aromatic heterocycles. The van der Waals surface area contributed by atoms with Gasteiger partial charge in [-0.05, 0) is 70.5 Å². The molecule has 4 nitrogen and oxygen atoms in total. The van der Waals surface area contributed by atoms with Crippen LogP contribution in [0.15, 0.2) is 0 Å². The van der Waals surface area contributed by atoms with Crippen molar-refractivity contribution >= 4 is 5.97 Å². The number of carbonyl (C=O) groups is 1. The summed E-state index contributed by atoms with van der Waals surface area (Å²) in [5, 5.41) is 9.18. The smallest absolute Gasteiger partial charge is 0.320 e. The van der Waals surface area contributed by atoms with Gasteiger partial charge in [0.25, 0.3) is 0 Å². The SMILES string of the molecule is CC1CCN(C[C@H]2CC(N(C)C(C)C(=O)O)C[C@@H]2C)CC1. The normalized spacial score (nSPS) is 33.5. The Balaban J connectivity index is 1.84. The van der Waals surface area contributed by atoms with Crippen LogP contribution in [0.4, 0.5) is 0 Å². The third kappa shape index (κ3) is 4.19. The Bertz CT molecular complexity index is 353. The van der Waals surface area contributed by atoms with Gasteiger partial charge in [0.2, 0.25) is 0 Å². The van der Waals surface area contributed by atoms with Crippen LogP contribution in [0, 0.1) is 17.8 Å². The van der Waals surface area contributed by atoms with Crippen molar-refractivity contribution in [3.8, 4) is 0 Å². The molecule has 0 aromatic carbocycles. The average molecular weight is 296 g/mol. The Hall–Kier alpha value is -0.610. The van der Waals surface area contributed by atoms with Crippen molar-refractivity contribution in [2.75, 3.05) is 26.7 Å². The van der Waals surface area contributed by atoms with E-state index in [-0.39, 0.29) is 6.04 Å². The fourth-order valence-corrected chi connectivity index (χ4v) is 3.95. The van der Waals surface area contributed by atoms with Crippen LogP contribution in [-0.2, 0) is 4.79 Å². The fourth-order valence-electron chi connectivity index (χ4n) is 3.95. The number of carboxylic acids is 1. The molecule has 2 unspecified atom stereocenters. The van der Waals surface area contributed by atoms with Crippen molar-refractivity contribution < 1.29 is 9.90 Å². The molecule has 1 aliphatic carbocycles. The summed E-state index contributed by atoms with van der Waals surface area (Å²) in [6.45, 7) is 10.2. The first-order valence-electron chi connectivity index (χ1n) is 8.55. The predicted molar refractivity (Wildman–Crippen MR) is 85.4 cm³/mol. The maximum atomic E-state index is 11.2. The summed E-state index contributed by atoms with van der Waals surface area (Å²) < 4.78 is 0. The van der Waals surface area contributed by atoms with E-state index in [2.05, 4.69) is 23.6 Å². The van der Waals surface area contributed by atoms with Gasteiger partial charge < -0.3 is 10.0 Å². The van der Waals surface area contributed by atoms with Crippen molar-refractivity contribution in [1.82, 2.24) is 9.80 Å². The first-order valence-corrected chi connectivity index (χ1v) is 8.55. The molecule has 0 amide bonds. The molecule has 1 saturated carbocycles. The topological polar surface area (TPSA) is 43.8 Å². The quantitative estimate of drug-likeness (QED) is 0.847. The highest BCUT2D eigenvalue weighted by molar-refractivity contribution is 5.72. The lowest BCUT2D eigenvalue weighted by molar-refractivity contribution is -0.142. The average Bonchev–Trinajstić information content (AvgIpc) is 2.81. The van der Waals surface area contributed by atoms with Gasteiger partial charge in [0.15, 0.2) is 0 Å². The number of piperidine rings is 1. The Labute approximate surface area is 129 Å². The molecule has 0 aromatic rings. The lowest BCUT2D eigenvalue weighted by Gasteiger charge is -2.33. The van der Waals surface area contributed by atoms with Crippen LogP contribution in [0.1, 0.15) is 46.5 Å². The van der Waals surface area contributed by atoms with Crippen LogP contribution in [0.2, 0.25) is 0 Å². The molecule has 122 valence electrons. The van der Waals surface area contributed by atoms with Gasteiger partial charge in [0.05, 0.1) is 0 Å². The van der Waals surface area contributed by atoms with Gasteiger partial charge in [-0.2, -0.15) is 0 Å². The van der Waals surface area contributed by atoms with E-state index in [1.165, 1.54) is 32.5 Å². The van der Waals surface area contributed by atoms with Crippen molar-refractivity contribution in [2.45, 2.75) is 58.5 Å². The fraction of sp³-hybridized carbons (Fsp3) is 0.941. The molecule has 1 aliphatic heterocycles. The summed E-state index contributed by atoms with van der Waals surface area (Å²) in [6.07, 6.45) is 4.96. The van der Waals surface area contributed by atoms with Gasteiger partial charge in [-0.1, -0.05) is 13.8 Å². The number of hydrogen-bond acceptors (Lipinski definition) is 3. The summed E-state index contributed by atoms with van der Waals surface area (Å²) in [4.78, 5) is 15.9. The molecule has 1 saturated heterocycles. The number of carboxylic acid groups (broad SMARTS) is 1. The summed E-state index contributed by atoms with van der Waals surface area (Å²) in [5.41, 5.74) is 0. The first-order chi connectivity index (χ1) is 9.88. The minimum absolute atomic E-state index is 0.378. The van der Waals surface area contributed by atoms with Crippen molar-refractivity contribution in [3.05, 3.63) is 0 Å². The van der Waals surface area contributed by atoms with E-state index in [1.54, 1.807) is 6.92 Å². The second-order valence-electron chi connectivity index (χ2n) is 7.53. The van der Waals surface area contributed by atoms with Gasteiger partial charge in [-0.15, -0.1) is 0 Å². The van der Waals surface area contributed by atoms with Crippen molar-refractivity contribution in [1.29, 1.82) is 0 Å². The molecule has 21 heavy (non-hydrogen) atoms. The summed E-state index contributed by atoms with van der Waals surface area (Å²) in [7, 11) is 1.97. The van der Waals surface area contributed by atoms with E-state index in [4.69, 9.17) is 0 Å². The molecular weight excluding hydrogens is 264 g/mol. The highest BCUT2D eigenvalue weighted by Gasteiger charge is 2.37. The van der Waals surface area contributed by atoms with E-state index >= 15 is 0 Å². The van der Waals surface area contributed by atoms with Crippen molar-refractivity contribution in [3.63, 3.8) is 0 Å². The number of hydrogen-bond donors (Lipinski definition) is 1. The molecule has 2 fully saturated rings. The summed E-state index contributed by atoms with van der Waals surface area (Å²) in [5.74, 6) is 1.61. The van der Waals surface area contributed by atoms with E-state index in [0.29, 0.717) is 12.0 Å². The Morgan fingerprint density at radius 3 is 2.48 bits per heavy atom. The second kappa shape index (κ2) is 7.10. The van der Waals surface area contributed by atoms with Gasteiger partial charge in [-0.3, -0.25) is 9.69 Å². The van der Waals surface area contributed by atoms with Gasteiger partial charge in [0, 0.05) is 12.6 Å². The first kappa shape index (κ1) is 16.8.